The third kappa shape index (κ3) is 3.36. The largest absolute Gasteiger partial charge is 0.344 e. The number of thiazole rings is 1. The second-order valence-corrected chi connectivity index (χ2v) is 5.87. The molecule has 2 atom stereocenters. The summed E-state index contributed by atoms with van der Waals surface area (Å²) in [5.41, 5.74) is 7.01. The summed E-state index contributed by atoms with van der Waals surface area (Å²) in [4.78, 5) is 16.4. The Balaban J connectivity index is 2.09. The summed E-state index contributed by atoms with van der Waals surface area (Å²) in [5, 5.41) is 5.99. The highest BCUT2D eigenvalue weighted by Gasteiger charge is 2.16. The van der Waals surface area contributed by atoms with Crippen molar-refractivity contribution in [3.8, 4) is 0 Å². The van der Waals surface area contributed by atoms with E-state index in [-0.39, 0.29) is 18.0 Å². The highest BCUT2D eigenvalue weighted by Crippen LogP contribution is 2.23. The van der Waals surface area contributed by atoms with Crippen molar-refractivity contribution in [2.75, 3.05) is 0 Å². The number of amides is 1. The lowest BCUT2D eigenvalue weighted by atomic mass is 10.1. The number of halogens is 1. The van der Waals surface area contributed by atoms with Gasteiger partial charge in [-0.2, -0.15) is 0 Å². The van der Waals surface area contributed by atoms with Crippen molar-refractivity contribution in [1.29, 1.82) is 0 Å². The Kier molecular flexibility index (Phi) is 4.75. The van der Waals surface area contributed by atoms with E-state index in [1.807, 2.05) is 32.0 Å². The summed E-state index contributed by atoms with van der Waals surface area (Å²) >= 11 is 7.50. The van der Waals surface area contributed by atoms with Crippen LogP contribution >= 0.6 is 22.9 Å². The van der Waals surface area contributed by atoms with Crippen molar-refractivity contribution in [3.63, 3.8) is 0 Å². The van der Waals surface area contributed by atoms with Gasteiger partial charge >= 0.3 is 0 Å². The molecule has 4 nitrogen and oxygen atoms in total. The molecule has 1 aromatic heterocycles. The molecule has 6 heteroatoms. The Morgan fingerprint density at radius 1 is 1.40 bits per heavy atom. The van der Waals surface area contributed by atoms with E-state index in [4.69, 9.17) is 17.3 Å². The van der Waals surface area contributed by atoms with Crippen LogP contribution in [-0.4, -0.2) is 10.9 Å². The van der Waals surface area contributed by atoms with Gasteiger partial charge in [-0.3, -0.25) is 4.79 Å². The first-order chi connectivity index (χ1) is 9.49. The summed E-state index contributed by atoms with van der Waals surface area (Å²) in [5.74, 6) is -0.222. The van der Waals surface area contributed by atoms with Crippen LogP contribution in [0.2, 0.25) is 5.02 Å². The van der Waals surface area contributed by atoms with Crippen LogP contribution in [-0.2, 0) is 0 Å². The molecule has 0 aliphatic carbocycles. The highest BCUT2D eigenvalue weighted by molar-refractivity contribution is 7.09. The van der Waals surface area contributed by atoms with Gasteiger partial charge in [-0.25, -0.2) is 4.98 Å². The van der Waals surface area contributed by atoms with Crippen LogP contribution in [0.5, 0.6) is 0 Å². The van der Waals surface area contributed by atoms with Gasteiger partial charge in [-0.15, -0.1) is 11.3 Å². The summed E-state index contributed by atoms with van der Waals surface area (Å²) in [7, 11) is 0. The van der Waals surface area contributed by atoms with Crippen molar-refractivity contribution in [2.24, 2.45) is 5.73 Å². The second kappa shape index (κ2) is 6.35. The minimum absolute atomic E-state index is 0.164. The molecule has 0 fully saturated rings. The molecule has 1 amide bonds. The minimum Gasteiger partial charge on any atom is -0.344 e. The lowest BCUT2D eigenvalue weighted by Crippen LogP contribution is -2.27. The fraction of sp³-hybridized carbons (Fsp3) is 0.286. The smallest absolute Gasteiger partial charge is 0.271 e. The molecule has 106 valence electrons. The van der Waals surface area contributed by atoms with Crippen molar-refractivity contribution in [3.05, 3.63) is 50.9 Å². The van der Waals surface area contributed by atoms with E-state index in [0.717, 1.165) is 10.6 Å². The van der Waals surface area contributed by atoms with Crippen molar-refractivity contribution < 1.29 is 4.79 Å². The fourth-order valence-corrected chi connectivity index (χ4v) is 2.83. The Morgan fingerprint density at radius 3 is 2.70 bits per heavy atom. The number of carbonyl (C=O) groups excluding carboxylic acids is 1. The zero-order valence-electron chi connectivity index (χ0n) is 11.3. The zero-order valence-corrected chi connectivity index (χ0v) is 12.8. The molecule has 2 rings (SSSR count). The van der Waals surface area contributed by atoms with E-state index in [0.29, 0.717) is 10.7 Å². The third-order valence-electron chi connectivity index (χ3n) is 2.86. The van der Waals surface area contributed by atoms with Gasteiger partial charge < -0.3 is 11.1 Å². The van der Waals surface area contributed by atoms with E-state index >= 15 is 0 Å². The van der Waals surface area contributed by atoms with Gasteiger partial charge in [0.15, 0.2) is 0 Å². The Morgan fingerprint density at radius 2 is 2.10 bits per heavy atom. The summed E-state index contributed by atoms with van der Waals surface area (Å²) in [6, 6.07) is 7.09. The summed E-state index contributed by atoms with van der Waals surface area (Å²) in [6.45, 7) is 3.73. The number of nitrogens with zero attached hydrogens (tertiary/aromatic N) is 1. The fourth-order valence-electron chi connectivity index (χ4n) is 1.78. The van der Waals surface area contributed by atoms with Gasteiger partial charge in [0.1, 0.15) is 10.7 Å². The maximum absolute atomic E-state index is 12.1. The first-order valence-electron chi connectivity index (χ1n) is 6.25. The quantitative estimate of drug-likeness (QED) is 0.910. The van der Waals surface area contributed by atoms with Gasteiger partial charge in [0.05, 0.1) is 12.1 Å². The SMILES string of the molecule is CC(N)c1nc(C(=O)N[C@@H](C)c2ccccc2Cl)cs1. The lowest BCUT2D eigenvalue weighted by molar-refractivity contribution is 0.0935. The molecule has 2 aromatic rings. The molecule has 3 N–H and O–H groups in total. The molecule has 0 spiro atoms. The molecular formula is C14H16ClN3OS. The average Bonchev–Trinajstić information content (AvgIpc) is 2.88. The van der Waals surface area contributed by atoms with E-state index in [2.05, 4.69) is 10.3 Å². The maximum Gasteiger partial charge on any atom is 0.271 e. The van der Waals surface area contributed by atoms with E-state index < -0.39 is 0 Å². The monoisotopic (exact) mass is 309 g/mol. The summed E-state index contributed by atoms with van der Waals surface area (Å²) < 4.78 is 0. The number of hydrogen-bond acceptors (Lipinski definition) is 4. The van der Waals surface area contributed by atoms with Crippen LogP contribution in [0.4, 0.5) is 0 Å². The first-order valence-corrected chi connectivity index (χ1v) is 7.51. The predicted octanol–water partition coefficient (Wildman–Crippen LogP) is 3.31. The molecule has 1 heterocycles. The van der Waals surface area contributed by atoms with Crippen molar-refractivity contribution in [2.45, 2.75) is 25.9 Å². The standard InChI is InChI=1S/C14H16ClN3OS/c1-8(16)14-18-12(7-20-14)13(19)17-9(2)10-5-3-4-6-11(10)15/h3-9H,16H2,1-2H3,(H,17,19)/t8?,9-/m0/s1. The zero-order chi connectivity index (χ0) is 14.7. The van der Waals surface area contributed by atoms with Gasteiger partial charge in [0, 0.05) is 10.4 Å². The Bertz CT molecular complexity index is 612. The third-order valence-corrected chi connectivity index (χ3v) is 4.25. The van der Waals surface area contributed by atoms with Gasteiger partial charge in [-0.05, 0) is 25.5 Å². The van der Waals surface area contributed by atoms with E-state index in [1.165, 1.54) is 11.3 Å². The normalized spacial score (nSPS) is 13.8. The molecular weight excluding hydrogens is 294 g/mol. The van der Waals surface area contributed by atoms with Gasteiger partial charge in [0.2, 0.25) is 0 Å². The van der Waals surface area contributed by atoms with E-state index in [1.54, 1.807) is 11.4 Å². The number of hydrogen-bond donors (Lipinski definition) is 2. The van der Waals surface area contributed by atoms with E-state index in [9.17, 15) is 4.79 Å². The van der Waals surface area contributed by atoms with Crippen LogP contribution in [0.3, 0.4) is 0 Å². The molecule has 20 heavy (non-hydrogen) atoms. The van der Waals surface area contributed by atoms with Crippen molar-refractivity contribution >= 4 is 28.8 Å². The second-order valence-electron chi connectivity index (χ2n) is 4.58. The van der Waals surface area contributed by atoms with Gasteiger partial charge in [-0.1, -0.05) is 29.8 Å². The highest BCUT2D eigenvalue weighted by atomic mass is 35.5. The molecule has 0 saturated heterocycles. The number of rotatable bonds is 4. The predicted molar refractivity (Wildman–Crippen MR) is 82.0 cm³/mol. The molecule has 1 unspecified atom stereocenters. The Labute approximate surface area is 127 Å². The number of aromatic nitrogens is 1. The van der Waals surface area contributed by atoms with Crippen LogP contribution in [0.15, 0.2) is 29.6 Å². The van der Waals surface area contributed by atoms with Crippen LogP contribution in [0, 0.1) is 0 Å². The summed E-state index contributed by atoms with van der Waals surface area (Å²) in [6.07, 6.45) is 0. The topological polar surface area (TPSA) is 68.0 Å². The minimum atomic E-state index is -0.222. The molecule has 0 aliphatic rings. The van der Waals surface area contributed by atoms with Gasteiger partial charge in [0.25, 0.3) is 5.91 Å². The van der Waals surface area contributed by atoms with Crippen LogP contribution in [0.1, 0.15) is 47.0 Å². The molecule has 0 bridgehead atoms. The molecule has 0 radical (unpaired) electrons. The Hall–Kier alpha value is -1.43. The number of benzene rings is 1. The van der Waals surface area contributed by atoms with Crippen LogP contribution < -0.4 is 11.1 Å². The maximum atomic E-state index is 12.1. The average molecular weight is 310 g/mol. The van der Waals surface area contributed by atoms with Crippen LogP contribution in [0.25, 0.3) is 0 Å². The lowest BCUT2D eigenvalue weighted by Gasteiger charge is -2.14. The number of nitrogens with two attached hydrogens (primary N) is 1. The van der Waals surface area contributed by atoms with Crippen molar-refractivity contribution in [1.82, 2.24) is 10.3 Å². The number of nitrogens with one attached hydrogen (secondary N) is 1. The number of carbonyl (C=O) groups is 1. The molecule has 0 aliphatic heterocycles. The molecule has 1 aromatic carbocycles. The first kappa shape index (κ1) is 15.0. The molecule has 0 saturated carbocycles.